The number of benzene rings is 1. The van der Waals surface area contributed by atoms with E-state index in [9.17, 15) is 5.11 Å². The second-order valence-electron chi connectivity index (χ2n) is 6.59. The van der Waals surface area contributed by atoms with E-state index >= 15 is 0 Å². The number of hydrogen-bond acceptors (Lipinski definition) is 2. The van der Waals surface area contributed by atoms with Gasteiger partial charge in [0.05, 0.1) is 13.1 Å². The summed E-state index contributed by atoms with van der Waals surface area (Å²) in [6.45, 7) is 10.2. The maximum absolute atomic E-state index is 10.2. The fraction of sp³-hybridized carbons (Fsp3) is 0.647. The smallest absolute Gasteiger partial charge is 0.137 e. The highest BCUT2D eigenvalue weighted by Crippen LogP contribution is 2.13. The van der Waals surface area contributed by atoms with E-state index < -0.39 is 0 Å². The van der Waals surface area contributed by atoms with Crippen molar-refractivity contribution in [2.45, 2.75) is 33.3 Å². The molecular weight excluding hydrogens is 250 g/mol. The van der Waals surface area contributed by atoms with E-state index in [1.807, 2.05) is 31.2 Å². The predicted molar refractivity (Wildman–Crippen MR) is 81.2 cm³/mol. The van der Waals surface area contributed by atoms with Crippen molar-refractivity contribution in [1.29, 1.82) is 0 Å². The lowest BCUT2D eigenvalue weighted by atomic mass is 9.92. The minimum atomic E-state index is -0.386. The van der Waals surface area contributed by atoms with Crippen molar-refractivity contribution in [2.75, 3.05) is 26.2 Å². The number of quaternary nitrogens is 1. The molecule has 1 aliphatic rings. The molecular formula is C17H28NO2+. The van der Waals surface area contributed by atoms with Gasteiger partial charge in [-0.05, 0) is 31.0 Å². The molecule has 0 bridgehead atoms. The van der Waals surface area contributed by atoms with Gasteiger partial charge in [-0.3, -0.25) is 0 Å². The van der Waals surface area contributed by atoms with Crippen LogP contribution in [0, 0.1) is 18.8 Å². The van der Waals surface area contributed by atoms with Crippen LogP contribution in [0.4, 0.5) is 0 Å². The topological polar surface area (TPSA) is 33.9 Å². The van der Waals surface area contributed by atoms with Crippen LogP contribution < -0.4 is 9.64 Å². The van der Waals surface area contributed by atoms with Gasteiger partial charge in [0, 0.05) is 11.8 Å². The Morgan fingerprint density at radius 2 is 2.00 bits per heavy atom. The lowest BCUT2D eigenvalue weighted by Gasteiger charge is -2.33. The number of ether oxygens (including phenoxy) is 1. The van der Waals surface area contributed by atoms with Crippen LogP contribution in [0.2, 0.25) is 0 Å². The highest BCUT2D eigenvalue weighted by Gasteiger charge is 2.26. The average molecular weight is 278 g/mol. The minimum Gasteiger partial charge on any atom is -0.491 e. The average Bonchev–Trinajstić information content (AvgIpc) is 2.35. The van der Waals surface area contributed by atoms with Gasteiger partial charge in [0.2, 0.25) is 0 Å². The van der Waals surface area contributed by atoms with Gasteiger partial charge in [-0.25, -0.2) is 0 Å². The molecule has 1 aromatic rings. The highest BCUT2D eigenvalue weighted by atomic mass is 16.5. The van der Waals surface area contributed by atoms with Crippen molar-refractivity contribution < 1.29 is 14.7 Å². The Morgan fingerprint density at radius 3 is 2.65 bits per heavy atom. The maximum atomic E-state index is 10.2. The van der Waals surface area contributed by atoms with Crippen LogP contribution >= 0.6 is 0 Å². The molecule has 3 heteroatoms. The second-order valence-corrected chi connectivity index (χ2v) is 6.59. The number of hydrogen-bond donors (Lipinski definition) is 2. The van der Waals surface area contributed by atoms with E-state index in [-0.39, 0.29) is 6.10 Å². The Balaban J connectivity index is 1.76. The van der Waals surface area contributed by atoms with Crippen molar-refractivity contribution in [3.8, 4) is 5.75 Å². The van der Waals surface area contributed by atoms with Gasteiger partial charge in [-0.1, -0.05) is 26.0 Å². The highest BCUT2D eigenvalue weighted by molar-refractivity contribution is 5.27. The summed E-state index contributed by atoms with van der Waals surface area (Å²) in [7, 11) is 0. The molecule has 3 nitrogen and oxygen atoms in total. The van der Waals surface area contributed by atoms with Crippen LogP contribution in [-0.4, -0.2) is 37.5 Å². The van der Waals surface area contributed by atoms with E-state index in [1.54, 1.807) is 0 Å². The van der Waals surface area contributed by atoms with Crippen molar-refractivity contribution in [3.05, 3.63) is 29.8 Å². The van der Waals surface area contributed by atoms with E-state index in [0.717, 1.165) is 24.1 Å². The van der Waals surface area contributed by atoms with Crippen molar-refractivity contribution in [1.82, 2.24) is 0 Å². The van der Waals surface area contributed by atoms with Crippen molar-refractivity contribution >= 4 is 0 Å². The molecule has 2 rings (SSSR count). The summed E-state index contributed by atoms with van der Waals surface area (Å²) in [5, 5.41) is 10.2. The fourth-order valence-corrected chi connectivity index (χ4v) is 3.38. The van der Waals surface area contributed by atoms with E-state index in [1.165, 1.54) is 30.0 Å². The van der Waals surface area contributed by atoms with Crippen LogP contribution in [0.1, 0.15) is 25.8 Å². The second kappa shape index (κ2) is 7.09. The van der Waals surface area contributed by atoms with Gasteiger partial charge in [-0.2, -0.15) is 0 Å². The monoisotopic (exact) mass is 278 g/mol. The third-order valence-corrected chi connectivity index (χ3v) is 4.04. The number of rotatable bonds is 5. The zero-order valence-corrected chi connectivity index (χ0v) is 12.9. The molecule has 1 saturated heterocycles. The molecule has 0 radical (unpaired) electrons. The first-order valence-electron chi connectivity index (χ1n) is 7.74. The summed E-state index contributed by atoms with van der Waals surface area (Å²) < 4.78 is 5.68. The molecule has 0 spiro atoms. The molecule has 0 aromatic heterocycles. The molecule has 1 heterocycles. The molecule has 1 fully saturated rings. The summed E-state index contributed by atoms with van der Waals surface area (Å²) in [5.41, 5.74) is 1.18. The first-order valence-corrected chi connectivity index (χ1v) is 7.74. The van der Waals surface area contributed by atoms with Crippen LogP contribution in [0.25, 0.3) is 0 Å². The molecule has 0 aliphatic carbocycles. The van der Waals surface area contributed by atoms with Crippen LogP contribution in [-0.2, 0) is 0 Å². The van der Waals surface area contributed by atoms with Crippen molar-refractivity contribution in [2.24, 2.45) is 11.8 Å². The largest absolute Gasteiger partial charge is 0.491 e. The molecule has 2 N–H and O–H groups in total. The summed E-state index contributed by atoms with van der Waals surface area (Å²) in [6, 6.07) is 7.97. The van der Waals surface area contributed by atoms with Gasteiger partial charge in [0.15, 0.2) is 0 Å². The van der Waals surface area contributed by atoms with Crippen LogP contribution in [0.15, 0.2) is 24.3 Å². The number of likely N-dealkylation sites (tertiary alicyclic amines) is 1. The Morgan fingerprint density at radius 1 is 1.30 bits per heavy atom. The normalized spacial score (nSPS) is 28.1. The minimum absolute atomic E-state index is 0.385. The summed E-state index contributed by atoms with van der Waals surface area (Å²) in [6.07, 6.45) is 0.933. The summed E-state index contributed by atoms with van der Waals surface area (Å²) in [5.74, 6) is 2.37. The third-order valence-electron chi connectivity index (χ3n) is 4.04. The maximum Gasteiger partial charge on any atom is 0.137 e. The first kappa shape index (κ1) is 15.3. The molecule has 112 valence electrons. The Kier molecular flexibility index (Phi) is 5.44. The third kappa shape index (κ3) is 4.80. The standard InChI is InChI=1S/C17H27NO2/c1-13-5-4-6-17(8-13)20-12-16(19)11-18-9-14(2)7-15(3)10-18/h4-6,8,14-16,19H,7,9-12H2,1-3H3/p+1/t14-,15-,16+/m0/s1. The van der Waals surface area contributed by atoms with Gasteiger partial charge in [0.1, 0.15) is 25.0 Å². The van der Waals surface area contributed by atoms with Crippen LogP contribution in [0.3, 0.4) is 0 Å². The van der Waals surface area contributed by atoms with Gasteiger partial charge >= 0.3 is 0 Å². The Hall–Kier alpha value is -1.06. The lowest BCUT2D eigenvalue weighted by molar-refractivity contribution is -0.915. The van der Waals surface area contributed by atoms with Gasteiger partial charge in [-0.15, -0.1) is 0 Å². The Bertz CT molecular complexity index is 411. The van der Waals surface area contributed by atoms with E-state index in [4.69, 9.17) is 4.74 Å². The predicted octanol–water partition coefficient (Wildman–Crippen LogP) is 1.30. The quantitative estimate of drug-likeness (QED) is 0.851. The number of aryl methyl sites for hydroxylation is 1. The molecule has 0 saturated carbocycles. The Labute approximate surface area is 122 Å². The molecule has 1 aliphatic heterocycles. The van der Waals surface area contributed by atoms with Crippen molar-refractivity contribution in [3.63, 3.8) is 0 Å². The SMILES string of the molecule is Cc1cccc(OC[C@H](O)C[NH+]2C[C@@H](C)C[C@H](C)C2)c1. The summed E-state index contributed by atoms with van der Waals surface area (Å²) in [4.78, 5) is 1.51. The molecule has 3 atom stereocenters. The zero-order chi connectivity index (χ0) is 14.5. The van der Waals surface area contributed by atoms with Gasteiger partial charge < -0.3 is 14.7 Å². The first-order chi connectivity index (χ1) is 9.52. The lowest BCUT2D eigenvalue weighted by Crippen LogP contribution is -3.15. The number of piperidine rings is 1. The zero-order valence-electron chi connectivity index (χ0n) is 12.9. The molecule has 20 heavy (non-hydrogen) atoms. The molecule has 0 unspecified atom stereocenters. The number of nitrogens with one attached hydrogen (secondary N) is 1. The fourth-order valence-electron chi connectivity index (χ4n) is 3.38. The molecule has 1 aromatic carbocycles. The summed E-state index contributed by atoms with van der Waals surface area (Å²) >= 11 is 0. The van der Waals surface area contributed by atoms with E-state index in [0.29, 0.717) is 6.61 Å². The van der Waals surface area contributed by atoms with Gasteiger partial charge in [0.25, 0.3) is 0 Å². The number of aliphatic hydroxyl groups excluding tert-OH is 1. The van der Waals surface area contributed by atoms with E-state index in [2.05, 4.69) is 13.8 Å². The molecule has 0 amide bonds. The number of aliphatic hydroxyl groups is 1. The van der Waals surface area contributed by atoms with Crippen LogP contribution in [0.5, 0.6) is 5.75 Å².